The third-order valence-corrected chi connectivity index (χ3v) is 3.43. The molecule has 0 aromatic heterocycles. The van der Waals surface area contributed by atoms with Gasteiger partial charge in [-0.1, -0.05) is 19.3 Å². The first kappa shape index (κ1) is 13.7. The summed E-state index contributed by atoms with van der Waals surface area (Å²) in [6, 6.07) is 0.569. The molecular weight excluding hydrogens is 220 g/mol. The maximum absolute atomic E-state index is 5.33. The topological polar surface area (TPSA) is 33.3 Å². The zero-order valence-electron chi connectivity index (χ0n) is 10.6. The van der Waals surface area contributed by atoms with E-state index >= 15 is 0 Å². The molecule has 1 rings (SSSR count). The molecule has 1 saturated carbocycles. The van der Waals surface area contributed by atoms with E-state index in [0.717, 1.165) is 11.7 Å². The fraction of sp³-hybridized carbons (Fsp3) is 0.917. The molecule has 0 aliphatic heterocycles. The summed E-state index contributed by atoms with van der Waals surface area (Å²) in [5.74, 6) is 0. The van der Waals surface area contributed by atoms with E-state index in [-0.39, 0.29) is 5.60 Å². The van der Waals surface area contributed by atoms with Crippen LogP contribution < -0.4 is 10.6 Å². The van der Waals surface area contributed by atoms with Crippen LogP contribution in [0.25, 0.3) is 0 Å². The maximum atomic E-state index is 5.33. The number of rotatable bonds is 4. The largest absolute Gasteiger partial charge is 0.377 e. The quantitative estimate of drug-likeness (QED) is 0.743. The molecule has 1 aliphatic carbocycles. The van der Waals surface area contributed by atoms with Crippen molar-refractivity contribution >= 4 is 17.3 Å². The fourth-order valence-corrected chi connectivity index (χ4v) is 2.09. The van der Waals surface area contributed by atoms with Crippen LogP contribution in [0.1, 0.15) is 46.0 Å². The molecule has 0 bridgehead atoms. The lowest BCUT2D eigenvalue weighted by molar-refractivity contribution is 0.0269. The van der Waals surface area contributed by atoms with Gasteiger partial charge in [-0.25, -0.2) is 0 Å². The van der Waals surface area contributed by atoms with E-state index in [1.54, 1.807) is 7.11 Å². The molecule has 1 fully saturated rings. The van der Waals surface area contributed by atoms with Crippen LogP contribution in [0.3, 0.4) is 0 Å². The van der Waals surface area contributed by atoms with Gasteiger partial charge in [-0.05, 0) is 38.9 Å². The predicted molar refractivity (Wildman–Crippen MR) is 71.7 cm³/mol. The lowest BCUT2D eigenvalue weighted by atomic mass is 9.96. The Labute approximate surface area is 104 Å². The SMILES string of the molecule is COC(C)(C)CNC(=S)NC1CCCCC1. The van der Waals surface area contributed by atoms with Gasteiger partial charge < -0.3 is 15.4 Å². The van der Waals surface area contributed by atoms with Crippen LogP contribution in [0, 0.1) is 0 Å². The highest BCUT2D eigenvalue weighted by Crippen LogP contribution is 2.17. The Hall–Kier alpha value is -0.350. The molecule has 2 N–H and O–H groups in total. The molecule has 3 nitrogen and oxygen atoms in total. The first-order valence-electron chi connectivity index (χ1n) is 6.13. The first-order chi connectivity index (χ1) is 7.53. The Bertz CT molecular complexity index is 225. The van der Waals surface area contributed by atoms with Crippen molar-refractivity contribution in [2.24, 2.45) is 0 Å². The minimum Gasteiger partial charge on any atom is -0.377 e. The highest BCUT2D eigenvalue weighted by Gasteiger charge is 2.18. The zero-order valence-corrected chi connectivity index (χ0v) is 11.5. The number of methoxy groups -OCH3 is 1. The third kappa shape index (κ3) is 5.12. The van der Waals surface area contributed by atoms with E-state index in [1.165, 1.54) is 32.1 Å². The molecule has 0 radical (unpaired) electrons. The predicted octanol–water partition coefficient (Wildman–Crippen LogP) is 2.21. The van der Waals surface area contributed by atoms with Crippen LogP contribution in [0.4, 0.5) is 0 Å². The van der Waals surface area contributed by atoms with Crippen molar-refractivity contribution in [3.05, 3.63) is 0 Å². The van der Waals surface area contributed by atoms with Crippen molar-refractivity contribution < 1.29 is 4.74 Å². The third-order valence-electron chi connectivity index (χ3n) is 3.17. The number of nitrogens with one attached hydrogen (secondary N) is 2. The van der Waals surface area contributed by atoms with Gasteiger partial charge in [-0.3, -0.25) is 0 Å². The molecule has 0 aromatic carbocycles. The molecule has 0 amide bonds. The van der Waals surface area contributed by atoms with Gasteiger partial charge in [0.25, 0.3) is 0 Å². The maximum Gasteiger partial charge on any atom is 0.166 e. The second-order valence-corrected chi connectivity index (χ2v) is 5.53. The summed E-state index contributed by atoms with van der Waals surface area (Å²) >= 11 is 5.27. The molecule has 0 saturated heterocycles. The van der Waals surface area contributed by atoms with Gasteiger partial charge in [0.15, 0.2) is 5.11 Å². The van der Waals surface area contributed by atoms with Gasteiger partial charge in [0.1, 0.15) is 0 Å². The molecule has 16 heavy (non-hydrogen) atoms. The summed E-state index contributed by atoms with van der Waals surface area (Å²) in [5, 5.41) is 7.36. The molecule has 1 aliphatic rings. The summed E-state index contributed by atoms with van der Waals surface area (Å²) in [6.45, 7) is 4.83. The Kier molecular flexibility index (Phi) is 5.49. The molecule has 0 spiro atoms. The summed E-state index contributed by atoms with van der Waals surface area (Å²) < 4.78 is 5.33. The first-order valence-corrected chi connectivity index (χ1v) is 6.54. The van der Waals surface area contributed by atoms with Gasteiger partial charge in [-0.2, -0.15) is 0 Å². The van der Waals surface area contributed by atoms with Gasteiger partial charge >= 0.3 is 0 Å². The van der Waals surface area contributed by atoms with E-state index in [0.29, 0.717) is 6.04 Å². The van der Waals surface area contributed by atoms with E-state index in [9.17, 15) is 0 Å². The van der Waals surface area contributed by atoms with Crippen molar-refractivity contribution in [1.82, 2.24) is 10.6 Å². The summed E-state index contributed by atoms with van der Waals surface area (Å²) in [4.78, 5) is 0. The smallest absolute Gasteiger partial charge is 0.166 e. The standard InChI is InChI=1S/C12H24N2OS/c1-12(2,15-3)9-13-11(16)14-10-7-5-4-6-8-10/h10H,4-9H2,1-3H3,(H2,13,14,16). The number of ether oxygens (including phenoxy) is 1. The molecule has 0 unspecified atom stereocenters. The van der Waals surface area contributed by atoms with Gasteiger partial charge in [0.2, 0.25) is 0 Å². The van der Waals surface area contributed by atoms with E-state index in [2.05, 4.69) is 10.6 Å². The number of hydrogen-bond donors (Lipinski definition) is 2. The second kappa shape index (κ2) is 6.40. The summed E-state index contributed by atoms with van der Waals surface area (Å²) in [6.07, 6.45) is 6.51. The summed E-state index contributed by atoms with van der Waals surface area (Å²) in [5.41, 5.74) is -0.168. The normalized spacial score (nSPS) is 18.2. The lowest BCUT2D eigenvalue weighted by Gasteiger charge is -2.27. The minimum absolute atomic E-state index is 0.168. The van der Waals surface area contributed by atoms with E-state index in [1.807, 2.05) is 13.8 Å². The molecule has 4 heteroatoms. The average molecular weight is 244 g/mol. The van der Waals surface area contributed by atoms with E-state index < -0.39 is 0 Å². The Morgan fingerprint density at radius 2 is 1.94 bits per heavy atom. The number of hydrogen-bond acceptors (Lipinski definition) is 2. The van der Waals surface area contributed by atoms with Crippen molar-refractivity contribution in [2.75, 3.05) is 13.7 Å². The van der Waals surface area contributed by atoms with Crippen LogP contribution in [-0.2, 0) is 4.74 Å². The average Bonchev–Trinajstić information content (AvgIpc) is 2.28. The Balaban J connectivity index is 2.19. The van der Waals surface area contributed by atoms with Crippen LogP contribution in [-0.4, -0.2) is 30.4 Å². The summed E-state index contributed by atoms with van der Waals surface area (Å²) in [7, 11) is 1.72. The van der Waals surface area contributed by atoms with Crippen LogP contribution >= 0.6 is 12.2 Å². The molecule has 0 heterocycles. The van der Waals surface area contributed by atoms with Gasteiger partial charge in [0.05, 0.1) is 5.60 Å². The lowest BCUT2D eigenvalue weighted by Crippen LogP contribution is -2.47. The molecule has 94 valence electrons. The number of thiocarbonyl (C=S) groups is 1. The fourth-order valence-electron chi connectivity index (χ4n) is 1.85. The van der Waals surface area contributed by atoms with Crippen LogP contribution in [0.5, 0.6) is 0 Å². The monoisotopic (exact) mass is 244 g/mol. The molecule has 0 atom stereocenters. The van der Waals surface area contributed by atoms with Crippen LogP contribution in [0.2, 0.25) is 0 Å². The molecular formula is C12H24N2OS. The highest BCUT2D eigenvalue weighted by molar-refractivity contribution is 7.80. The Morgan fingerprint density at radius 1 is 1.31 bits per heavy atom. The van der Waals surface area contributed by atoms with E-state index in [4.69, 9.17) is 17.0 Å². The molecule has 0 aromatic rings. The van der Waals surface area contributed by atoms with Crippen molar-refractivity contribution in [1.29, 1.82) is 0 Å². The van der Waals surface area contributed by atoms with Crippen LogP contribution in [0.15, 0.2) is 0 Å². The minimum atomic E-state index is -0.168. The highest BCUT2D eigenvalue weighted by atomic mass is 32.1. The van der Waals surface area contributed by atoms with Crippen molar-refractivity contribution in [3.63, 3.8) is 0 Å². The zero-order chi connectivity index (χ0) is 12.0. The van der Waals surface area contributed by atoms with Crippen molar-refractivity contribution in [2.45, 2.75) is 57.6 Å². The van der Waals surface area contributed by atoms with Gasteiger partial charge in [0, 0.05) is 19.7 Å². The Morgan fingerprint density at radius 3 is 2.50 bits per heavy atom. The van der Waals surface area contributed by atoms with Gasteiger partial charge in [-0.15, -0.1) is 0 Å². The second-order valence-electron chi connectivity index (χ2n) is 5.13. The van der Waals surface area contributed by atoms with Crippen molar-refractivity contribution in [3.8, 4) is 0 Å².